The molecular weight excluding hydrogens is 268 g/mol. The Morgan fingerprint density at radius 2 is 1.75 bits per heavy atom. The summed E-state index contributed by atoms with van der Waals surface area (Å²) < 4.78 is 0. The van der Waals surface area contributed by atoms with Crippen molar-refractivity contribution in [1.29, 1.82) is 0 Å². The molecule has 1 nitrogen and oxygen atoms in total. The van der Waals surface area contributed by atoms with Crippen molar-refractivity contribution in [3.05, 3.63) is 65.7 Å². The van der Waals surface area contributed by atoms with Gasteiger partial charge in [-0.2, -0.15) is 0 Å². The van der Waals surface area contributed by atoms with E-state index in [9.17, 15) is 4.79 Å². The smallest absolute Gasteiger partial charge is 0.165 e. The third-order valence-electron chi connectivity index (χ3n) is 3.93. The van der Waals surface area contributed by atoms with Gasteiger partial charge in [-0.15, -0.1) is 13.2 Å². The Morgan fingerprint density at radius 3 is 2.30 bits per heavy atom. The number of allylic oxidation sites excluding steroid dienone is 3. The first-order valence-electron chi connectivity index (χ1n) is 6.84. The van der Waals surface area contributed by atoms with Gasteiger partial charge in [0.1, 0.15) is 0 Å². The van der Waals surface area contributed by atoms with Crippen molar-refractivity contribution in [2.45, 2.75) is 25.7 Å². The number of benzene rings is 1. The second-order valence-corrected chi connectivity index (χ2v) is 5.75. The van der Waals surface area contributed by atoms with Crippen LogP contribution in [-0.2, 0) is 4.79 Å². The van der Waals surface area contributed by atoms with Gasteiger partial charge in [0.25, 0.3) is 0 Å². The maximum absolute atomic E-state index is 12.7. The predicted molar refractivity (Wildman–Crippen MR) is 85.7 cm³/mol. The molecule has 0 radical (unpaired) electrons. The van der Waals surface area contributed by atoms with E-state index in [1.807, 2.05) is 42.5 Å². The van der Waals surface area contributed by atoms with Crippen molar-refractivity contribution in [3.8, 4) is 0 Å². The van der Waals surface area contributed by atoms with Crippen LogP contribution in [0.1, 0.15) is 31.2 Å². The SMILES string of the molecule is C=CCC1(CC=C)CC/C(=C/c2ccc(Cl)cc2)C1=O. The molecule has 1 aliphatic carbocycles. The van der Waals surface area contributed by atoms with Crippen molar-refractivity contribution in [2.75, 3.05) is 0 Å². The zero-order valence-electron chi connectivity index (χ0n) is 11.6. The summed E-state index contributed by atoms with van der Waals surface area (Å²) in [7, 11) is 0. The molecule has 104 valence electrons. The fraction of sp³-hybridized carbons (Fsp3) is 0.278. The Kier molecular flexibility index (Phi) is 4.61. The van der Waals surface area contributed by atoms with Gasteiger partial charge >= 0.3 is 0 Å². The van der Waals surface area contributed by atoms with Crippen LogP contribution < -0.4 is 0 Å². The van der Waals surface area contributed by atoms with Crippen LogP contribution in [0.4, 0.5) is 0 Å². The summed E-state index contributed by atoms with van der Waals surface area (Å²) >= 11 is 5.87. The highest BCUT2D eigenvalue weighted by Gasteiger charge is 2.42. The van der Waals surface area contributed by atoms with E-state index in [0.717, 1.165) is 36.8 Å². The molecule has 0 aromatic heterocycles. The normalized spacial score (nSPS) is 19.2. The monoisotopic (exact) mass is 286 g/mol. The third kappa shape index (κ3) is 2.94. The van der Waals surface area contributed by atoms with E-state index in [1.165, 1.54) is 0 Å². The Morgan fingerprint density at radius 1 is 1.15 bits per heavy atom. The highest BCUT2D eigenvalue weighted by atomic mass is 35.5. The average molecular weight is 287 g/mol. The average Bonchev–Trinajstić information content (AvgIpc) is 2.72. The summed E-state index contributed by atoms with van der Waals surface area (Å²) in [4.78, 5) is 12.7. The maximum Gasteiger partial charge on any atom is 0.165 e. The topological polar surface area (TPSA) is 17.1 Å². The molecule has 1 saturated carbocycles. The molecule has 2 rings (SSSR count). The molecule has 1 aromatic rings. The van der Waals surface area contributed by atoms with Gasteiger partial charge in [-0.3, -0.25) is 4.79 Å². The standard InChI is InChI=1S/C18H19ClO/c1-3-10-18(11-4-2)12-9-15(17(18)20)13-14-5-7-16(19)8-6-14/h3-8,13H,1-2,9-12H2/b15-13-. The van der Waals surface area contributed by atoms with Gasteiger partial charge in [0.05, 0.1) is 0 Å². The van der Waals surface area contributed by atoms with Gasteiger partial charge in [-0.05, 0) is 55.0 Å². The summed E-state index contributed by atoms with van der Waals surface area (Å²) in [6.07, 6.45) is 8.80. The molecule has 2 heteroatoms. The lowest BCUT2D eigenvalue weighted by atomic mass is 9.78. The Labute approximate surface area is 125 Å². The summed E-state index contributed by atoms with van der Waals surface area (Å²) in [5.74, 6) is 0.243. The molecule has 20 heavy (non-hydrogen) atoms. The molecule has 0 heterocycles. The molecule has 1 aromatic carbocycles. The minimum absolute atomic E-state index is 0.243. The number of ketones is 1. The first kappa shape index (κ1) is 14.8. The lowest BCUT2D eigenvalue weighted by Gasteiger charge is -2.23. The van der Waals surface area contributed by atoms with Gasteiger partial charge in [0.2, 0.25) is 0 Å². The molecule has 0 amide bonds. The van der Waals surface area contributed by atoms with Crippen molar-refractivity contribution in [1.82, 2.24) is 0 Å². The van der Waals surface area contributed by atoms with Crippen LogP contribution >= 0.6 is 11.6 Å². The summed E-state index contributed by atoms with van der Waals surface area (Å²) in [5, 5.41) is 0.706. The van der Waals surface area contributed by atoms with Crippen molar-refractivity contribution < 1.29 is 4.79 Å². The second kappa shape index (κ2) is 6.23. The van der Waals surface area contributed by atoms with Gasteiger partial charge < -0.3 is 0 Å². The fourth-order valence-electron chi connectivity index (χ4n) is 2.86. The molecule has 1 fully saturated rings. The predicted octanol–water partition coefficient (Wildman–Crippen LogP) is 5.22. The lowest BCUT2D eigenvalue weighted by molar-refractivity contribution is -0.122. The first-order chi connectivity index (χ1) is 9.61. The molecule has 0 N–H and O–H groups in total. The van der Waals surface area contributed by atoms with Crippen molar-refractivity contribution >= 4 is 23.5 Å². The number of Topliss-reactive ketones (excluding diaryl/α,β-unsaturated/α-hetero) is 1. The number of halogens is 1. The summed E-state index contributed by atoms with van der Waals surface area (Å²) in [5.41, 5.74) is 1.60. The Hall–Kier alpha value is -1.60. The second-order valence-electron chi connectivity index (χ2n) is 5.32. The number of hydrogen-bond donors (Lipinski definition) is 0. The number of carbonyl (C=O) groups excluding carboxylic acids is 1. The molecule has 1 aliphatic rings. The maximum atomic E-state index is 12.7. The van der Waals surface area contributed by atoms with E-state index < -0.39 is 0 Å². The van der Waals surface area contributed by atoms with Crippen LogP contribution in [0, 0.1) is 5.41 Å². The molecule has 0 aliphatic heterocycles. The number of hydrogen-bond acceptors (Lipinski definition) is 1. The van der Waals surface area contributed by atoms with Crippen LogP contribution in [0.3, 0.4) is 0 Å². The lowest BCUT2D eigenvalue weighted by Crippen LogP contribution is -2.24. The minimum Gasteiger partial charge on any atom is -0.294 e. The van der Waals surface area contributed by atoms with E-state index in [-0.39, 0.29) is 11.2 Å². The number of carbonyl (C=O) groups is 1. The van der Waals surface area contributed by atoms with Gasteiger partial charge in [-0.25, -0.2) is 0 Å². The zero-order valence-corrected chi connectivity index (χ0v) is 12.3. The van der Waals surface area contributed by atoms with Crippen molar-refractivity contribution in [2.24, 2.45) is 5.41 Å². The van der Waals surface area contributed by atoms with E-state index in [2.05, 4.69) is 13.2 Å². The highest BCUT2D eigenvalue weighted by Crippen LogP contribution is 2.44. The van der Waals surface area contributed by atoms with Gasteiger partial charge in [0, 0.05) is 10.4 Å². The summed E-state index contributed by atoms with van der Waals surface area (Å²) in [6, 6.07) is 7.55. The Balaban J connectivity index is 2.27. The van der Waals surface area contributed by atoms with Gasteiger partial charge in [0.15, 0.2) is 5.78 Å². The minimum atomic E-state index is -0.318. The van der Waals surface area contributed by atoms with Crippen LogP contribution in [0.25, 0.3) is 6.08 Å². The van der Waals surface area contributed by atoms with E-state index in [4.69, 9.17) is 11.6 Å². The first-order valence-corrected chi connectivity index (χ1v) is 7.22. The van der Waals surface area contributed by atoms with Crippen molar-refractivity contribution in [3.63, 3.8) is 0 Å². The molecule has 0 bridgehead atoms. The van der Waals surface area contributed by atoms with E-state index in [0.29, 0.717) is 5.02 Å². The molecule has 0 spiro atoms. The number of rotatable bonds is 5. The van der Waals surface area contributed by atoms with E-state index >= 15 is 0 Å². The quantitative estimate of drug-likeness (QED) is 0.535. The summed E-state index contributed by atoms with van der Waals surface area (Å²) in [6.45, 7) is 7.57. The van der Waals surface area contributed by atoms with E-state index in [1.54, 1.807) is 0 Å². The molecule has 0 unspecified atom stereocenters. The highest BCUT2D eigenvalue weighted by molar-refractivity contribution is 6.30. The molecular formula is C18H19ClO. The zero-order chi connectivity index (χ0) is 14.6. The van der Waals surface area contributed by atoms with Crippen LogP contribution in [0.15, 0.2) is 55.1 Å². The van der Waals surface area contributed by atoms with Crippen LogP contribution in [0.5, 0.6) is 0 Å². The van der Waals surface area contributed by atoms with Gasteiger partial charge in [-0.1, -0.05) is 35.9 Å². The third-order valence-corrected chi connectivity index (χ3v) is 4.18. The fourth-order valence-corrected chi connectivity index (χ4v) is 2.99. The molecule has 0 atom stereocenters. The largest absolute Gasteiger partial charge is 0.294 e. The Bertz CT molecular complexity index is 541. The van der Waals surface area contributed by atoms with Crippen LogP contribution in [0.2, 0.25) is 5.02 Å². The molecule has 0 saturated heterocycles. The van der Waals surface area contributed by atoms with Crippen LogP contribution in [-0.4, -0.2) is 5.78 Å².